The van der Waals surface area contributed by atoms with Gasteiger partial charge in [0.1, 0.15) is 0 Å². The van der Waals surface area contributed by atoms with Gasteiger partial charge in [-0.3, -0.25) is 0 Å². The van der Waals surface area contributed by atoms with Crippen LogP contribution in [0.5, 0.6) is 0 Å². The second kappa shape index (κ2) is 3.14. The van der Waals surface area contributed by atoms with Gasteiger partial charge in [-0.15, -0.1) is 0 Å². The molecule has 1 heteroatoms. The van der Waals surface area contributed by atoms with Crippen molar-refractivity contribution in [3.63, 3.8) is 0 Å². The van der Waals surface area contributed by atoms with Crippen LogP contribution in [0, 0.1) is 11.3 Å². The average molecular weight is 156 g/mol. The molecule has 1 atom stereocenters. The maximum absolute atomic E-state index is 9.46. The summed E-state index contributed by atoms with van der Waals surface area (Å²) in [5, 5.41) is 9.46. The van der Waals surface area contributed by atoms with Crippen LogP contribution in [-0.2, 0) is 0 Å². The third-order valence-electron chi connectivity index (χ3n) is 3.00. The van der Waals surface area contributed by atoms with Crippen LogP contribution < -0.4 is 0 Å². The molecule has 1 unspecified atom stereocenters. The molecule has 1 aliphatic carbocycles. The number of aliphatic hydroxyl groups is 1. The molecule has 0 radical (unpaired) electrons. The van der Waals surface area contributed by atoms with Gasteiger partial charge in [0.2, 0.25) is 0 Å². The molecule has 0 aliphatic heterocycles. The molecule has 1 rings (SSSR count). The van der Waals surface area contributed by atoms with Crippen molar-refractivity contribution >= 4 is 0 Å². The predicted molar refractivity (Wildman–Crippen MR) is 47.4 cm³/mol. The summed E-state index contributed by atoms with van der Waals surface area (Å²) in [7, 11) is 0. The van der Waals surface area contributed by atoms with E-state index in [1.165, 1.54) is 25.7 Å². The first-order chi connectivity index (χ1) is 5.07. The first-order valence-electron chi connectivity index (χ1n) is 4.75. The Morgan fingerprint density at radius 2 is 1.82 bits per heavy atom. The Kier molecular flexibility index (Phi) is 2.58. The van der Waals surface area contributed by atoms with Gasteiger partial charge in [-0.05, 0) is 37.5 Å². The smallest absolute Gasteiger partial charge is 0.0568 e. The second-order valence-electron chi connectivity index (χ2n) is 4.47. The Morgan fingerprint density at radius 1 is 1.27 bits per heavy atom. The Hall–Kier alpha value is -0.0400. The summed E-state index contributed by atoms with van der Waals surface area (Å²) in [5.74, 6) is 0.784. The maximum atomic E-state index is 9.46. The normalized spacial score (nSPS) is 23.7. The summed E-state index contributed by atoms with van der Waals surface area (Å²) >= 11 is 0. The van der Waals surface area contributed by atoms with Crippen molar-refractivity contribution in [2.45, 2.75) is 52.6 Å². The molecule has 0 aromatic carbocycles. The Bertz CT molecular complexity index is 123. The lowest BCUT2D eigenvalue weighted by Crippen LogP contribution is -2.18. The Balaban J connectivity index is 2.25. The van der Waals surface area contributed by atoms with E-state index < -0.39 is 0 Å². The number of hydrogen-bond acceptors (Lipinski definition) is 1. The minimum absolute atomic E-state index is 0.0822. The van der Waals surface area contributed by atoms with E-state index in [1.54, 1.807) is 0 Å². The van der Waals surface area contributed by atoms with E-state index in [0.29, 0.717) is 5.41 Å². The number of hydrogen-bond donors (Lipinski definition) is 1. The van der Waals surface area contributed by atoms with E-state index >= 15 is 0 Å². The van der Waals surface area contributed by atoms with Crippen molar-refractivity contribution in [2.24, 2.45) is 11.3 Å². The molecule has 1 aliphatic rings. The lowest BCUT2D eigenvalue weighted by molar-refractivity contribution is 0.101. The van der Waals surface area contributed by atoms with Crippen LogP contribution in [0.1, 0.15) is 46.5 Å². The molecule has 0 heterocycles. The van der Waals surface area contributed by atoms with Gasteiger partial charge >= 0.3 is 0 Å². The van der Waals surface area contributed by atoms with Crippen LogP contribution in [0.2, 0.25) is 0 Å². The molecule has 1 fully saturated rings. The minimum Gasteiger partial charge on any atom is -0.393 e. The predicted octanol–water partition coefficient (Wildman–Crippen LogP) is 2.58. The van der Waals surface area contributed by atoms with Crippen LogP contribution >= 0.6 is 0 Å². The monoisotopic (exact) mass is 156 g/mol. The third kappa shape index (κ3) is 2.19. The van der Waals surface area contributed by atoms with Crippen molar-refractivity contribution in [1.29, 1.82) is 0 Å². The van der Waals surface area contributed by atoms with Crippen molar-refractivity contribution in [2.75, 3.05) is 0 Å². The molecule has 0 bridgehead atoms. The number of rotatable bonds is 4. The lowest BCUT2D eigenvalue weighted by Gasteiger charge is -2.19. The lowest BCUT2D eigenvalue weighted by atomic mass is 9.91. The van der Waals surface area contributed by atoms with Gasteiger partial charge in [-0.1, -0.05) is 20.3 Å². The molecule has 0 amide bonds. The SMILES string of the molecule is CC(C)CCC1(C(C)O)CC1. The fourth-order valence-electron chi connectivity index (χ4n) is 1.61. The zero-order valence-corrected chi connectivity index (χ0v) is 7.93. The van der Waals surface area contributed by atoms with Crippen LogP contribution in [-0.4, -0.2) is 11.2 Å². The fourth-order valence-corrected chi connectivity index (χ4v) is 1.61. The molecule has 66 valence electrons. The fraction of sp³-hybridized carbons (Fsp3) is 1.00. The van der Waals surface area contributed by atoms with Gasteiger partial charge in [0, 0.05) is 0 Å². The summed E-state index contributed by atoms with van der Waals surface area (Å²) in [6.45, 7) is 6.43. The van der Waals surface area contributed by atoms with Crippen LogP contribution in [0.25, 0.3) is 0 Å². The zero-order valence-electron chi connectivity index (χ0n) is 7.93. The second-order valence-corrected chi connectivity index (χ2v) is 4.47. The van der Waals surface area contributed by atoms with Crippen molar-refractivity contribution < 1.29 is 5.11 Å². The van der Waals surface area contributed by atoms with Crippen molar-refractivity contribution in [3.05, 3.63) is 0 Å². The van der Waals surface area contributed by atoms with E-state index in [0.717, 1.165) is 5.92 Å². The Morgan fingerprint density at radius 3 is 2.09 bits per heavy atom. The molecule has 0 spiro atoms. The highest BCUT2D eigenvalue weighted by atomic mass is 16.3. The first-order valence-corrected chi connectivity index (χ1v) is 4.75. The van der Waals surface area contributed by atoms with E-state index in [-0.39, 0.29) is 6.10 Å². The van der Waals surface area contributed by atoms with Gasteiger partial charge in [0.15, 0.2) is 0 Å². The summed E-state index contributed by atoms with van der Waals surface area (Å²) in [6.07, 6.45) is 4.91. The average Bonchev–Trinajstić information content (AvgIpc) is 2.63. The molecule has 11 heavy (non-hydrogen) atoms. The summed E-state index contributed by atoms with van der Waals surface area (Å²) in [4.78, 5) is 0. The molecule has 1 N–H and O–H groups in total. The molecule has 0 aromatic heterocycles. The van der Waals surface area contributed by atoms with E-state index in [2.05, 4.69) is 13.8 Å². The van der Waals surface area contributed by atoms with Crippen LogP contribution in [0.15, 0.2) is 0 Å². The summed E-state index contributed by atoms with van der Waals surface area (Å²) in [6, 6.07) is 0. The zero-order chi connectivity index (χ0) is 8.48. The molecule has 0 saturated heterocycles. The molecule has 0 aromatic rings. The molecule has 1 nitrogen and oxygen atoms in total. The first kappa shape index (κ1) is 9.05. The van der Waals surface area contributed by atoms with E-state index in [4.69, 9.17) is 0 Å². The largest absolute Gasteiger partial charge is 0.393 e. The standard InChI is InChI=1S/C10H20O/c1-8(2)4-5-10(6-7-10)9(3)11/h8-9,11H,4-7H2,1-3H3. The molecular formula is C10H20O. The summed E-state index contributed by atoms with van der Waals surface area (Å²) < 4.78 is 0. The van der Waals surface area contributed by atoms with Crippen LogP contribution in [0.3, 0.4) is 0 Å². The third-order valence-corrected chi connectivity index (χ3v) is 3.00. The van der Waals surface area contributed by atoms with E-state index in [9.17, 15) is 5.11 Å². The highest BCUT2D eigenvalue weighted by Gasteiger charge is 2.45. The number of aliphatic hydroxyl groups excluding tert-OH is 1. The minimum atomic E-state index is -0.0822. The van der Waals surface area contributed by atoms with Gasteiger partial charge in [-0.25, -0.2) is 0 Å². The Labute approximate surface area is 69.8 Å². The van der Waals surface area contributed by atoms with E-state index in [1.807, 2.05) is 6.92 Å². The highest BCUT2D eigenvalue weighted by Crippen LogP contribution is 2.52. The van der Waals surface area contributed by atoms with Crippen molar-refractivity contribution in [3.8, 4) is 0 Å². The van der Waals surface area contributed by atoms with Crippen LogP contribution in [0.4, 0.5) is 0 Å². The van der Waals surface area contributed by atoms with Crippen molar-refractivity contribution in [1.82, 2.24) is 0 Å². The van der Waals surface area contributed by atoms with Gasteiger partial charge < -0.3 is 5.11 Å². The highest BCUT2D eigenvalue weighted by molar-refractivity contribution is 4.96. The summed E-state index contributed by atoms with van der Waals surface area (Å²) in [5.41, 5.74) is 0.338. The quantitative estimate of drug-likeness (QED) is 0.663. The topological polar surface area (TPSA) is 20.2 Å². The maximum Gasteiger partial charge on any atom is 0.0568 e. The molecular weight excluding hydrogens is 136 g/mol. The van der Waals surface area contributed by atoms with Gasteiger partial charge in [-0.2, -0.15) is 0 Å². The van der Waals surface area contributed by atoms with Gasteiger partial charge in [0.25, 0.3) is 0 Å². The molecule has 1 saturated carbocycles. The van der Waals surface area contributed by atoms with Gasteiger partial charge in [0.05, 0.1) is 6.10 Å².